The average molecular weight is 441 g/mol. The Labute approximate surface area is 127 Å². The molecule has 0 amide bonds. The van der Waals surface area contributed by atoms with Crippen LogP contribution in [0.2, 0.25) is 0 Å². The number of anilines is 1. The summed E-state index contributed by atoms with van der Waals surface area (Å²) in [6.07, 6.45) is 0. The summed E-state index contributed by atoms with van der Waals surface area (Å²) >= 11 is -0.808. The second-order valence-electron chi connectivity index (χ2n) is 3.77. The van der Waals surface area contributed by atoms with E-state index in [1.165, 1.54) is 0 Å². The summed E-state index contributed by atoms with van der Waals surface area (Å²) in [5.74, 6) is 0. The fourth-order valence-electron chi connectivity index (χ4n) is 1.94. The van der Waals surface area contributed by atoms with Crippen molar-refractivity contribution in [2.24, 2.45) is 8.02 Å². The molecule has 1 atom stereocenters. The van der Waals surface area contributed by atoms with Crippen LogP contribution in [-0.4, -0.2) is 32.3 Å². The molecule has 1 aliphatic heterocycles. The molecular weight excluding hydrogens is 430 g/mol. The molecule has 0 aromatic heterocycles. The molecule has 0 N–H and O–H groups in total. The van der Waals surface area contributed by atoms with Crippen LogP contribution in [0, 0.1) is 13.7 Å². The third-order valence-corrected chi connectivity index (χ3v) is 5.05. The zero-order chi connectivity index (χ0) is 14.2. The van der Waals surface area contributed by atoms with Crippen molar-refractivity contribution in [3.63, 3.8) is 0 Å². The van der Waals surface area contributed by atoms with E-state index in [0.717, 1.165) is 18.8 Å². The minimum atomic E-state index is -2.72. The van der Waals surface area contributed by atoms with Crippen LogP contribution in [0.5, 0.6) is 0 Å². The van der Waals surface area contributed by atoms with Gasteiger partial charge in [0.2, 0.25) is 0 Å². The predicted molar refractivity (Wildman–Crippen MR) is 78.1 cm³/mol. The van der Waals surface area contributed by atoms with Crippen LogP contribution < -0.4 is 15.6 Å². The van der Waals surface area contributed by atoms with Gasteiger partial charge >= 0.3 is 127 Å². The number of rotatable bonds is 4. The van der Waals surface area contributed by atoms with Crippen LogP contribution in [0.25, 0.3) is 0 Å². The Morgan fingerprint density at radius 3 is 2.47 bits per heavy atom. The van der Waals surface area contributed by atoms with Gasteiger partial charge in [0.1, 0.15) is 0 Å². The second-order valence-corrected chi connectivity index (χ2v) is 6.66. The molecule has 0 bridgehead atoms. The molecule has 19 heavy (non-hydrogen) atoms. The van der Waals surface area contributed by atoms with Crippen LogP contribution in [-0.2, 0) is 3.83 Å². The monoisotopic (exact) mass is 442 g/mol. The summed E-state index contributed by atoms with van der Waals surface area (Å²) in [6, 6.07) is 1.72. The third kappa shape index (κ3) is 2.54. The molecule has 9 heteroatoms. The van der Waals surface area contributed by atoms with Gasteiger partial charge in [0.05, 0.1) is 0 Å². The van der Waals surface area contributed by atoms with Crippen molar-refractivity contribution >= 4 is 48.2 Å². The van der Waals surface area contributed by atoms with E-state index in [2.05, 4.69) is 8.02 Å². The van der Waals surface area contributed by atoms with Crippen molar-refractivity contribution in [1.29, 1.82) is 0 Å². The molecule has 1 aromatic carbocycles. The molecule has 1 unspecified atom stereocenters. The van der Waals surface area contributed by atoms with Crippen molar-refractivity contribution in [3.05, 3.63) is 30.5 Å². The van der Waals surface area contributed by atoms with Crippen LogP contribution in [0.15, 0.2) is 14.1 Å². The van der Waals surface area contributed by atoms with E-state index >= 15 is 0 Å². The van der Waals surface area contributed by atoms with Gasteiger partial charge in [0.15, 0.2) is 0 Å². The summed E-state index contributed by atoms with van der Waals surface area (Å²) in [5.41, 5.74) is 0.665. The van der Waals surface area contributed by atoms with Gasteiger partial charge in [-0.25, -0.2) is 0 Å². The fraction of sp³-hybridized carbons (Fsp3) is 0.400. The Hall–Kier alpha value is -0.931. The quantitative estimate of drug-likeness (QED) is 0.298. The first-order valence-corrected chi connectivity index (χ1v) is 8.91. The molecule has 7 nitrogen and oxygen atoms in total. The molecule has 0 spiro atoms. The average Bonchev–Trinajstić information content (AvgIpc) is 2.71. The third-order valence-electron chi connectivity index (χ3n) is 2.81. The number of nitrogens with zero attached hydrogens (tertiary/aromatic N) is 4. The van der Waals surface area contributed by atoms with E-state index in [4.69, 9.17) is 0 Å². The number of fused-ring (bicyclic) bond motifs is 1. The van der Waals surface area contributed by atoms with Crippen LogP contribution in [0.4, 0.5) is 11.4 Å². The fourth-order valence-corrected chi connectivity index (χ4v) is 4.16. The van der Waals surface area contributed by atoms with Crippen LogP contribution in [0.1, 0.15) is 13.8 Å². The number of hydrogen-bond acceptors (Lipinski definition) is 4. The molecule has 1 aromatic rings. The van der Waals surface area contributed by atoms with E-state index in [9.17, 15) is 13.9 Å². The molecule has 2 rings (SSSR count). The van der Waals surface area contributed by atoms with E-state index in [1.807, 2.05) is 41.3 Å². The first kappa shape index (κ1) is 14.5. The maximum atomic E-state index is 11.6. The van der Waals surface area contributed by atoms with Gasteiger partial charge < -0.3 is 0 Å². The molecule has 0 radical (unpaired) electrons. The van der Waals surface area contributed by atoms with Gasteiger partial charge in [-0.15, -0.1) is 0 Å². The molecule has 0 saturated carbocycles. The SMILES string of the molecule is CCN(CC)c1cc(I)c([N+](=O)[O-])c2c1=N[Se](=O)N=2. The number of hydrogen-bond donors (Lipinski definition) is 0. The van der Waals surface area contributed by atoms with Gasteiger partial charge in [-0.3, -0.25) is 0 Å². The zero-order valence-electron chi connectivity index (χ0n) is 10.3. The van der Waals surface area contributed by atoms with E-state index < -0.39 is 19.2 Å². The van der Waals surface area contributed by atoms with Crippen molar-refractivity contribution in [2.45, 2.75) is 13.8 Å². The van der Waals surface area contributed by atoms with Crippen LogP contribution >= 0.6 is 22.6 Å². The molecular formula is C10H11IN4O3Se. The van der Waals surface area contributed by atoms with Gasteiger partial charge in [0.25, 0.3) is 0 Å². The van der Waals surface area contributed by atoms with Crippen molar-refractivity contribution in [1.82, 2.24) is 0 Å². The Balaban J connectivity index is 2.84. The Morgan fingerprint density at radius 2 is 1.95 bits per heavy atom. The summed E-state index contributed by atoms with van der Waals surface area (Å²) in [7, 11) is 0. The molecule has 0 fully saturated rings. The van der Waals surface area contributed by atoms with Crippen molar-refractivity contribution in [2.75, 3.05) is 18.0 Å². The predicted octanol–water partition coefficient (Wildman–Crippen LogP) is 0.714. The minimum absolute atomic E-state index is 0.0997. The molecule has 0 saturated heterocycles. The van der Waals surface area contributed by atoms with Gasteiger partial charge in [-0.2, -0.15) is 0 Å². The molecule has 0 aliphatic carbocycles. The normalized spacial score (nSPS) is 16.5. The Kier molecular flexibility index (Phi) is 4.26. The van der Waals surface area contributed by atoms with Crippen molar-refractivity contribution < 1.29 is 8.76 Å². The number of halogens is 1. The number of benzene rings is 1. The number of nitro groups is 1. The topological polar surface area (TPSA) is 88.2 Å². The van der Waals surface area contributed by atoms with E-state index in [1.54, 1.807) is 6.07 Å². The van der Waals surface area contributed by atoms with Gasteiger partial charge in [-0.05, 0) is 0 Å². The zero-order valence-corrected chi connectivity index (χ0v) is 14.2. The summed E-state index contributed by atoms with van der Waals surface area (Å²) < 4.78 is 19.9. The van der Waals surface area contributed by atoms with E-state index in [0.29, 0.717) is 8.93 Å². The first-order chi connectivity index (χ1) is 8.99. The Bertz CT molecular complexity index is 687. The maximum absolute atomic E-state index is 11.6. The summed E-state index contributed by atoms with van der Waals surface area (Å²) in [4.78, 5) is 12.6. The van der Waals surface area contributed by atoms with Crippen molar-refractivity contribution in [3.8, 4) is 0 Å². The van der Waals surface area contributed by atoms with Gasteiger partial charge in [0, 0.05) is 0 Å². The van der Waals surface area contributed by atoms with Gasteiger partial charge in [-0.1, -0.05) is 0 Å². The van der Waals surface area contributed by atoms with E-state index in [-0.39, 0.29) is 11.0 Å². The first-order valence-electron chi connectivity index (χ1n) is 5.60. The van der Waals surface area contributed by atoms with Crippen LogP contribution in [0.3, 0.4) is 0 Å². The molecule has 102 valence electrons. The summed E-state index contributed by atoms with van der Waals surface area (Å²) in [6.45, 7) is 5.47. The summed E-state index contributed by atoms with van der Waals surface area (Å²) in [5, 5.41) is 11.7. The standard InChI is InChI=1S/C10H11IN4O3Se/c1-3-14(4-2)7-5-6(11)10(15(16)17)9-8(7)12-19(18)13-9/h5H,3-4H2,1-2H3. The Morgan fingerprint density at radius 1 is 1.37 bits per heavy atom. The second kappa shape index (κ2) is 5.59. The molecule has 1 heterocycles. The molecule has 1 aliphatic rings. The number of nitro benzene ring substituents is 1.